The molecule has 0 saturated heterocycles. The zero-order valence-corrected chi connectivity index (χ0v) is 13.4. The monoisotopic (exact) mass is 271 g/mol. The molecule has 2 N–H and O–H groups in total. The van der Waals surface area contributed by atoms with E-state index in [1.54, 1.807) is 0 Å². The van der Waals surface area contributed by atoms with Crippen LogP contribution in [-0.2, 0) is 0 Å². The van der Waals surface area contributed by atoms with Gasteiger partial charge in [0.1, 0.15) is 0 Å². The highest BCUT2D eigenvalue weighted by atomic mass is 16.3. The Balaban J connectivity index is 2.24. The summed E-state index contributed by atoms with van der Waals surface area (Å²) in [4.78, 5) is 4.64. The Bertz CT molecular complexity index is 252. The maximum absolute atomic E-state index is 10.0. The van der Waals surface area contributed by atoms with E-state index in [1.807, 2.05) is 0 Å². The first-order chi connectivity index (χ1) is 8.85. The van der Waals surface area contributed by atoms with Gasteiger partial charge in [0, 0.05) is 25.2 Å². The summed E-state index contributed by atoms with van der Waals surface area (Å²) in [7, 11) is 6.47. The van der Waals surface area contributed by atoms with E-state index >= 15 is 0 Å². The lowest BCUT2D eigenvalue weighted by Gasteiger charge is -2.49. The lowest BCUT2D eigenvalue weighted by Crippen LogP contribution is -2.57. The molecule has 0 aromatic rings. The van der Waals surface area contributed by atoms with Gasteiger partial charge >= 0.3 is 0 Å². The van der Waals surface area contributed by atoms with Crippen molar-refractivity contribution in [1.82, 2.24) is 15.1 Å². The van der Waals surface area contributed by atoms with E-state index in [0.29, 0.717) is 18.0 Å². The third kappa shape index (κ3) is 5.38. The Labute approximate surface area is 119 Å². The zero-order valence-electron chi connectivity index (χ0n) is 13.4. The number of hydrogen-bond acceptors (Lipinski definition) is 4. The molecule has 0 aliphatic heterocycles. The van der Waals surface area contributed by atoms with Gasteiger partial charge in [0.15, 0.2) is 0 Å². The van der Waals surface area contributed by atoms with Crippen LogP contribution in [0.15, 0.2) is 0 Å². The lowest BCUT2D eigenvalue weighted by molar-refractivity contribution is 0.0150. The maximum Gasteiger partial charge on any atom is 0.0791 e. The third-order valence-electron chi connectivity index (χ3n) is 4.25. The van der Waals surface area contributed by atoms with E-state index in [9.17, 15) is 5.11 Å². The van der Waals surface area contributed by atoms with E-state index < -0.39 is 0 Å². The molecule has 0 heterocycles. The Hall–Kier alpha value is -0.160. The van der Waals surface area contributed by atoms with Crippen molar-refractivity contribution in [2.75, 3.05) is 47.3 Å². The van der Waals surface area contributed by atoms with Crippen molar-refractivity contribution in [2.45, 2.75) is 44.8 Å². The quantitative estimate of drug-likeness (QED) is 0.656. The summed E-state index contributed by atoms with van der Waals surface area (Å²) in [5.74, 6) is 0.636. The fourth-order valence-corrected chi connectivity index (χ4v) is 2.86. The van der Waals surface area contributed by atoms with Gasteiger partial charge in [0.2, 0.25) is 0 Å². The molecular weight excluding hydrogens is 238 g/mol. The molecular formula is C15H33N3O. The minimum atomic E-state index is -0.275. The van der Waals surface area contributed by atoms with E-state index in [0.717, 1.165) is 19.6 Å². The van der Waals surface area contributed by atoms with Crippen LogP contribution in [0.3, 0.4) is 0 Å². The van der Waals surface area contributed by atoms with E-state index in [1.165, 1.54) is 19.3 Å². The first-order valence-electron chi connectivity index (χ1n) is 7.60. The third-order valence-corrected chi connectivity index (χ3v) is 4.25. The molecule has 1 unspecified atom stereocenters. The molecule has 114 valence electrons. The van der Waals surface area contributed by atoms with Gasteiger partial charge < -0.3 is 20.2 Å². The largest absolute Gasteiger partial charge is 0.390 e. The van der Waals surface area contributed by atoms with Crippen molar-refractivity contribution in [2.24, 2.45) is 5.92 Å². The van der Waals surface area contributed by atoms with Crippen LogP contribution >= 0.6 is 0 Å². The van der Waals surface area contributed by atoms with Gasteiger partial charge in [-0.15, -0.1) is 0 Å². The molecule has 4 nitrogen and oxygen atoms in total. The predicted molar refractivity (Wildman–Crippen MR) is 81.5 cm³/mol. The van der Waals surface area contributed by atoms with Gasteiger partial charge in [0.25, 0.3) is 0 Å². The number of nitrogens with zero attached hydrogens (tertiary/aromatic N) is 2. The molecule has 1 rings (SSSR count). The molecule has 0 aromatic carbocycles. The topological polar surface area (TPSA) is 38.7 Å². The van der Waals surface area contributed by atoms with Crippen LogP contribution in [-0.4, -0.2) is 73.9 Å². The molecule has 0 radical (unpaired) electrons. The molecule has 0 amide bonds. The van der Waals surface area contributed by atoms with E-state index in [4.69, 9.17) is 0 Å². The number of nitrogens with one attached hydrogen (secondary N) is 1. The number of likely N-dealkylation sites (N-methyl/N-ethyl adjacent to an activating group) is 2. The van der Waals surface area contributed by atoms with E-state index in [-0.39, 0.29) is 6.10 Å². The second-order valence-electron chi connectivity index (χ2n) is 6.87. The van der Waals surface area contributed by atoms with Crippen LogP contribution in [0.25, 0.3) is 0 Å². The highest BCUT2D eigenvalue weighted by Crippen LogP contribution is 2.36. The average Bonchev–Trinajstić information content (AvgIpc) is 2.22. The predicted octanol–water partition coefficient (Wildman–Crippen LogP) is 1.01. The fourth-order valence-electron chi connectivity index (χ4n) is 2.86. The molecule has 0 spiro atoms. The summed E-state index contributed by atoms with van der Waals surface area (Å²) in [5.41, 5.74) is 0.347. The van der Waals surface area contributed by atoms with Gasteiger partial charge in [-0.25, -0.2) is 0 Å². The Morgan fingerprint density at radius 1 is 1.16 bits per heavy atom. The summed E-state index contributed by atoms with van der Waals surface area (Å²) in [6.45, 7) is 7.84. The normalized spacial score (nSPS) is 20.1. The Morgan fingerprint density at radius 2 is 1.79 bits per heavy atom. The first kappa shape index (κ1) is 16.9. The molecule has 1 atom stereocenters. The summed E-state index contributed by atoms with van der Waals surface area (Å²) in [6.07, 6.45) is 3.63. The smallest absolute Gasteiger partial charge is 0.0791 e. The summed E-state index contributed by atoms with van der Waals surface area (Å²) in [5, 5.41) is 13.4. The molecule has 19 heavy (non-hydrogen) atoms. The van der Waals surface area contributed by atoms with Crippen molar-refractivity contribution in [3.05, 3.63) is 0 Å². The number of aliphatic hydroxyl groups is 1. The Kier molecular flexibility index (Phi) is 6.74. The molecule has 1 aliphatic carbocycles. The average molecular weight is 271 g/mol. The minimum Gasteiger partial charge on any atom is -0.390 e. The minimum absolute atomic E-state index is 0.275. The van der Waals surface area contributed by atoms with Crippen LogP contribution in [0.4, 0.5) is 0 Å². The zero-order chi connectivity index (χ0) is 14.5. The Morgan fingerprint density at radius 3 is 2.21 bits per heavy atom. The molecule has 4 heteroatoms. The van der Waals surface area contributed by atoms with Gasteiger partial charge in [-0.05, 0) is 52.9 Å². The van der Waals surface area contributed by atoms with Gasteiger partial charge in [-0.1, -0.05) is 13.8 Å². The number of hydrogen-bond donors (Lipinski definition) is 2. The second-order valence-corrected chi connectivity index (χ2v) is 6.87. The van der Waals surface area contributed by atoms with Crippen molar-refractivity contribution < 1.29 is 5.11 Å². The molecule has 0 bridgehead atoms. The van der Waals surface area contributed by atoms with E-state index in [2.05, 4.69) is 50.1 Å². The summed E-state index contributed by atoms with van der Waals surface area (Å²) >= 11 is 0. The molecule has 1 fully saturated rings. The highest BCUT2D eigenvalue weighted by Gasteiger charge is 2.39. The molecule has 0 aromatic heterocycles. The molecule has 1 saturated carbocycles. The van der Waals surface area contributed by atoms with Crippen LogP contribution in [0, 0.1) is 5.92 Å². The standard InChI is InChI=1S/C15H33N3O/c1-13(2)9-16-10-14(19)11-18(5)12-15(17(3)4)7-6-8-15/h13-14,16,19H,6-12H2,1-5H3. The van der Waals surface area contributed by atoms with Crippen LogP contribution in [0.5, 0.6) is 0 Å². The SMILES string of the molecule is CC(C)CNCC(O)CN(C)CC1(N(C)C)CCC1. The number of rotatable bonds is 9. The lowest BCUT2D eigenvalue weighted by atomic mass is 9.75. The van der Waals surface area contributed by atoms with Crippen molar-refractivity contribution in [3.63, 3.8) is 0 Å². The maximum atomic E-state index is 10.0. The van der Waals surface area contributed by atoms with Crippen molar-refractivity contribution in [3.8, 4) is 0 Å². The summed E-state index contributed by atoms with van der Waals surface area (Å²) < 4.78 is 0. The van der Waals surface area contributed by atoms with Crippen LogP contribution in [0.1, 0.15) is 33.1 Å². The fraction of sp³-hybridized carbons (Fsp3) is 1.00. The second kappa shape index (κ2) is 7.58. The van der Waals surface area contributed by atoms with Gasteiger partial charge in [-0.2, -0.15) is 0 Å². The van der Waals surface area contributed by atoms with Gasteiger partial charge in [-0.3, -0.25) is 0 Å². The molecule has 1 aliphatic rings. The number of aliphatic hydroxyl groups excluding tert-OH is 1. The van der Waals surface area contributed by atoms with Crippen molar-refractivity contribution in [1.29, 1.82) is 0 Å². The van der Waals surface area contributed by atoms with Crippen LogP contribution < -0.4 is 5.32 Å². The van der Waals surface area contributed by atoms with Crippen molar-refractivity contribution >= 4 is 0 Å². The van der Waals surface area contributed by atoms with Crippen LogP contribution in [0.2, 0.25) is 0 Å². The summed E-state index contributed by atoms with van der Waals surface area (Å²) in [6, 6.07) is 0. The highest BCUT2D eigenvalue weighted by molar-refractivity contribution is 4.98. The van der Waals surface area contributed by atoms with Gasteiger partial charge in [0.05, 0.1) is 6.10 Å². The first-order valence-corrected chi connectivity index (χ1v) is 7.60.